The van der Waals surface area contributed by atoms with Crippen LogP contribution in [0.3, 0.4) is 0 Å². The number of benzene rings is 1. The van der Waals surface area contributed by atoms with Crippen molar-refractivity contribution < 1.29 is 13.2 Å². The molecule has 0 aliphatic carbocycles. The SMILES string of the molecule is O=C(NC[C@H](c1ccccc1)S(=O)(=O)c1cccs1)c1ccccn1. The van der Waals surface area contributed by atoms with Crippen LogP contribution in [0.15, 0.2) is 76.4 Å². The molecule has 0 aliphatic heterocycles. The lowest BCUT2D eigenvalue weighted by Crippen LogP contribution is -2.32. The standard InChI is InChI=1S/C18H16N2O3S2/c21-18(15-9-4-5-11-19-15)20-13-16(14-7-2-1-3-8-14)25(22,23)17-10-6-12-24-17/h1-12,16H,13H2,(H,20,21)/t16-/m1/s1. The number of aromatic nitrogens is 1. The van der Waals surface area contributed by atoms with E-state index in [1.54, 1.807) is 60.0 Å². The molecule has 0 bridgehead atoms. The van der Waals surface area contributed by atoms with Gasteiger partial charge in [0.2, 0.25) is 0 Å². The van der Waals surface area contributed by atoms with Crippen molar-refractivity contribution in [2.24, 2.45) is 0 Å². The molecule has 1 N–H and O–H groups in total. The van der Waals surface area contributed by atoms with Gasteiger partial charge >= 0.3 is 0 Å². The van der Waals surface area contributed by atoms with Crippen molar-refractivity contribution in [3.63, 3.8) is 0 Å². The molecule has 2 aromatic heterocycles. The topological polar surface area (TPSA) is 76.1 Å². The Bertz CT molecular complexity index is 925. The van der Waals surface area contributed by atoms with Gasteiger partial charge in [-0.05, 0) is 29.1 Å². The minimum Gasteiger partial charge on any atom is -0.349 e. The number of nitrogens with zero attached hydrogens (tertiary/aromatic N) is 1. The first-order valence-electron chi connectivity index (χ1n) is 7.60. The van der Waals surface area contributed by atoms with Gasteiger partial charge in [-0.3, -0.25) is 9.78 Å². The van der Waals surface area contributed by atoms with E-state index in [1.165, 1.54) is 17.5 Å². The summed E-state index contributed by atoms with van der Waals surface area (Å²) in [6.07, 6.45) is 1.52. The smallest absolute Gasteiger partial charge is 0.269 e. The fourth-order valence-corrected chi connectivity index (χ4v) is 5.28. The second-order valence-corrected chi connectivity index (χ2v) is 8.61. The molecule has 0 aliphatic rings. The second-order valence-electron chi connectivity index (χ2n) is 5.30. The van der Waals surface area contributed by atoms with Gasteiger partial charge in [0.1, 0.15) is 15.2 Å². The molecule has 7 heteroatoms. The van der Waals surface area contributed by atoms with E-state index in [-0.39, 0.29) is 16.4 Å². The summed E-state index contributed by atoms with van der Waals surface area (Å²) < 4.78 is 26.3. The highest BCUT2D eigenvalue weighted by Gasteiger charge is 2.30. The predicted molar refractivity (Wildman–Crippen MR) is 97.3 cm³/mol. The van der Waals surface area contributed by atoms with Gasteiger partial charge in [0.25, 0.3) is 5.91 Å². The van der Waals surface area contributed by atoms with Crippen molar-refractivity contribution in [1.82, 2.24) is 10.3 Å². The summed E-state index contributed by atoms with van der Waals surface area (Å²) in [7, 11) is -3.61. The number of amides is 1. The molecule has 25 heavy (non-hydrogen) atoms. The summed E-state index contributed by atoms with van der Waals surface area (Å²) >= 11 is 1.17. The van der Waals surface area contributed by atoms with Crippen molar-refractivity contribution in [3.05, 3.63) is 83.5 Å². The van der Waals surface area contributed by atoms with Gasteiger partial charge in [0.05, 0.1) is 0 Å². The minimum absolute atomic E-state index is 0.0281. The van der Waals surface area contributed by atoms with E-state index in [0.717, 1.165) is 0 Å². The van der Waals surface area contributed by atoms with Gasteiger partial charge in [0, 0.05) is 12.7 Å². The van der Waals surface area contributed by atoms with E-state index >= 15 is 0 Å². The van der Waals surface area contributed by atoms with Crippen LogP contribution < -0.4 is 5.32 Å². The zero-order valence-electron chi connectivity index (χ0n) is 13.2. The lowest BCUT2D eigenvalue weighted by atomic mass is 10.1. The maximum absolute atomic E-state index is 13.0. The monoisotopic (exact) mass is 372 g/mol. The van der Waals surface area contributed by atoms with E-state index < -0.39 is 21.0 Å². The van der Waals surface area contributed by atoms with Crippen LogP contribution in [-0.4, -0.2) is 25.9 Å². The molecule has 0 saturated carbocycles. The van der Waals surface area contributed by atoms with Crippen molar-refractivity contribution >= 4 is 27.1 Å². The van der Waals surface area contributed by atoms with E-state index in [1.807, 2.05) is 6.07 Å². The number of thiophene rings is 1. The van der Waals surface area contributed by atoms with E-state index in [2.05, 4.69) is 10.3 Å². The molecule has 0 radical (unpaired) electrons. The molecule has 1 atom stereocenters. The Morgan fingerprint density at radius 2 is 1.80 bits per heavy atom. The highest BCUT2D eigenvalue weighted by Crippen LogP contribution is 2.31. The fourth-order valence-electron chi connectivity index (χ4n) is 2.41. The van der Waals surface area contributed by atoms with Crippen molar-refractivity contribution in [2.75, 3.05) is 6.54 Å². The number of rotatable bonds is 6. The zero-order chi connectivity index (χ0) is 17.7. The Labute approximate surface area is 150 Å². The van der Waals surface area contributed by atoms with Gasteiger partial charge in [-0.25, -0.2) is 8.42 Å². The molecular formula is C18H16N2O3S2. The summed E-state index contributed by atoms with van der Waals surface area (Å²) in [4.78, 5) is 16.2. The summed E-state index contributed by atoms with van der Waals surface area (Å²) in [6, 6.07) is 17.2. The highest BCUT2D eigenvalue weighted by molar-refractivity contribution is 7.93. The van der Waals surface area contributed by atoms with Gasteiger partial charge in [-0.15, -0.1) is 11.3 Å². The Kier molecular flexibility index (Phi) is 5.25. The number of carbonyl (C=O) groups excluding carboxylic acids is 1. The molecule has 5 nitrogen and oxygen atoms in total. The molecule has 3 aromatic rings. The third kappa shape index (κ3) is 3.94. The zero-order valence-corrected chi connectivity index (χ0v) is 14.8. The Morgan fingerprint density at radius 1 is 1.04 bits per heavy atom. The lowest BCUT2D eigenvalue weighted by Gasteiger charge is -2.18. The average molecular weight is 372 g/mol. The quantitative estimate of drug-likeness (QED) is 0.721. The molecule has 0 saturated heterocycles. The fraction of sp³-hybridized carbons (Fsp3) is 0.111. The lowest BCUT2D eigenvalue weighted by molar-refractivity contribution is 0.0948. The van der Waals surface area contributed by atoms with Crippen molar-refractivity contribution in [1.29, 1.82) is 0 Å². The van der Waals surface area contributed by atoms with E-state index in [0.29, 0.717) is 5.56 Å². The van der Waals surface area contributed by atoms with Crippen LogP contribution in [0.4, 0.5) is 0 Å². The number of pyridine rings is 1. The maximum Gasteiger partial charge on any atom is 0.269 e. The number of nitrogens with one attached hydrogen (secondary N) is 1. The number of carbonyl (C=O) groups is 1. The first-order valence-corrected chi connectivity index (χ1v) is 10.0. The molecule has 3 rings (SSSR count). The van der Waals surface area contributed by atoms with Crippen LogP contribution in [-0.2, 0) is 9.84 Å². The third-order valence-corrected chi connectivity index (χ3v) is 7.20. The summed E-state index contributed by atoms with van der Waals surface area (Å²) in [5.41, 5.74) is 0.889. The Balaban J connectivity index is 1.87. The van der Waals surface area contributed by atoms with Gasteiger partial charge in [0.15, 0.2) is 9.84 Å². The van der Waals surface area contributed by atoms with E-state index in [9.17, 15) is 13.2 Å². The predicted octanol–water partition coefficient (Wildman–Crippen LogP) is 3.09. The minimum atomic E-state index is -3.61. The third-order valence-electron chi connectivity index (χ3n) is 3.67. The molecular weight excluding hydrogens is 356 g/mol. The van der Waals surface area contributed by atoms with Crippen LogP contribution in [0.1, 0.15) is 21.3 Å². The average Bonchev–Trinajstić information content (AvgIpc) is 3.19. The van der Waals surface area contributed by atoms with Crippen LogP contribution in [0.2, 0.25) is 0 Å². The first kappa shape index (κ1) is 17.3. The van der Waals surface area contributed by atoms with Crippen LogP contribution in [0, 0.1) is 0 Å². The summed E-state index contributed by atoms with van der Waals surface area (Å²) in [5, 5.41) is 3.55. The molecule has 128 valence electrons. The molecule has 1 amide bonds. The number of sulfone groups is 1. The molecule has 1 aromatic carbocycles. The highest BCUT2D eigenvalue weighted by atomic mass is 32.2. The Morgan fingerprint density at radius 3 is 2.44 bits per heavy atom. The van der Waals surface area contributed by atoms with Gasteiger partial charge in [-0.2, -0.15) is 0 Å². The van der Waals surface area contributed by atoms with Crippen molar-refractivity contribution in [3.8, 4) is 0 Å². The number of hydrogen-bond acceptors (Lipinski definition) is 5. The normalized spacial score (nSPS) is 12.5. The summed E-state index contributed by atoms with van der Waals surface area (Å²) in [6.45, 7) is -0.0281. The van der Waals surface area contributed by atoms with Gasteiger partial charge in [-0.1, -0.05) is 42.5 Å². The largest absolute Gasteiger partial charge is 0.349 e. The van der Waals surface area contributed by atoms with Crippen LogP contribution in [0.5, 0.6) is 0 Å². The van der Waals surface area contributed by atoms with E-state index in [4.69, 9.17) is 0 Å². The first-order chi connectivity index (χ1) is 12.1. The Hall–Kier alpha value is -2.51. The molecule has 0 fully saturated rings. The van der Waals surface area contributed by atoms with Crippen LogP contribution in [0.25, 0.3) is 0 Å². The molecule has 2 heterocycles. The molecule has 0 unspecified atom stereocenters. The maximum atomic E-state index is 13.0. The summed E-state index contributed by atoms with van der Waals surface area (Å²) in [5.74, 6) is -0.400. The van der Waals surface area contributed by atoms with Gasteiger partial charge < -0.3 is 5.32 Å². The van der Waals surface area contributed by atoms with Crippen molar-refractivity contribution in [2.45, 2.75) is 9.46 Å². The second kappa shape index (κ2) is 7.58. The van der Waals surface area contributed by atoms with Crippen LogP contribution >= 0.6 is 11.3 Å². The molecule has 0 spiro atoms. The number of hydrogen-bond donors (Lipinski definition) is 1.